The second-order valence-corrected chi connectivity index (χ2v) is 5.82. The fourth-order valence-electron chi connectivity index (χ4n) is 3.44. The highest BCUT2D eigenvalue weighted by atomic mass is 16.6. The molecule has 110 valence electrons. The van der Waals surface area contributed by atoms with Gasteiger partial charge in [0.15, 0.2) is 11.5 Å². The molecule has 1 aromatic rings. The first-order valence-corrected chi connectivity index (χ1v) is 7.59. The maximum absolute atomic E-state index is 6.02. The molecular formula is C16H24N2O2. The molecule has 1 aromatic carbocycles. The lowest BCUT2D eigenvalue weighted by molar-refractivity contribution is 0.168. The van der Waals surface area contributed by atoms with Crippen molar-refractivity contribution in [2.45, 2.75) is 25.3 Å². The summed E-state index contributed by atoms with van der Waals surface area (Å²) in [7, 11) is 2.20. The maximum atomic E-state index is 6.02. The van der Waals surface area contributed by atoms with Crippen LogP contribution in [0, 0.1) is 5.92 Å². The normalized spacial score (nSPS) is 27.1. The Labute approximate surface area is 120 Å². The fourth-order valence-corrected chi connectivity index (χ4v) is 3.44. The van der Waals surface area contributed by atoms with Crippen molar-refractivity contribution < 1.29 is 9.47 Å². The molecule has 0 aliphatic carbocycles. The molecule has 2 aliphatic rings. The van der Waals surface area contributed by atoms with E-state index in [9.17, 15) is 0 Å². The molecular weight excluding hydrogens is 252 g/mol. The predicted octanol–water partition coefficient (Wildman–Crippen LogP) is 2.19. The van der Waals surface area contributed by atoms with Crippen LogP contribution in [0.5, 0.6) is 11.5 Å². The van der Waals surface area contributed by atoms with Crippen LogP contribution in [0.3, 0.4) is 0 Å². The molecule has 0 amide bonds. The highest BCUT2D eigenvalue weighted by molar-refractivity contribution is 5.44. The number of benzene rings is 1. The molecule has 2 N–H and O–H groups in total. The summed E-state index contributed by atoms with van der Waals surface area (Å²) in [5.74, 6) is 2.26. The summed E-state index contributed by atoms with van der Waals surface area (Å²) in [6.45, 7) is 3.15. The summed E-state index contributed by atoms with van der Waals surface area (Å²) in [4.78, 5) is 2.44. The average molecular weight is 276 g/mol. The van der Waals surface area contributed by atoms with Gasteiger partial charge in [-0.1, -0.05) is 12.5 Å². The number of nitrogens with two attached hydrogens (primary N) is 1. The minimum absolute atomic E-state index is 0.387. The average Bonchev–Trinajstić information content (AvgIpc) is 2.68. The summed E-state index contributed by atoms with van der Waals surface area (Å²) in [6, 6.07) is 6.74. The highest BCUT2D eigenvalue weighted by Gasteiger charge is 2.29. The summed E-state index contributed by atoms with van der Waals surface area (Å²) in [6.07, 6.45) is 3.74. The van der Waals surface area contributed by atoms with Gasteiger partial charge in [0, 0.05) is 6.04 Å². The van der Waals surface area contributed by atoms with Crippen LogP contribution in [0.2, 0.25) is 0 Å². The van der Waals surface area contributed by atoms with E-state index in [0.29, 0.717) is 25.2 Å². The van der Waals surface area contributed by atoms with Gasteiger partial charge in [-0.25, -0.2) is 0 Å². The molecule has 4 nitrogen and oxygen atoms in total. The summed E-state index contributed by atoms with van der Waals surface area (Å²) in [5, 5.41) is 0. The van der Waals surface area contributed by atoms with E-state index in [-0.39, 0.29) is 0 Å². The second-order valence-electron chi connectivity index (χ2n) is 5.82. The SMILES string of the molecule is CN1CCCCC(CN)C1c1ccc2c(c1)OCCO2. The number of hydrogen-bond donors (Lipinski definition) is 1. The van der Waals surface area contributed by atoms with Crippen molar-refractivity contribution in [2.75, 3.05) is 33.4 Å². The van der Waals surface area contributed by atoms with Gasteiger partial charge in [0.05, 0.1) is 0 Å². The fraction of sp³-hybridized carbons (Fsp3) is 0.625. The van der Waals surface area contributed by atoms with Crippen LogP contribution in [0.15, 0.2) is 18.2 Å². The molecule has 2 unspecified atom stereocenters. The van der Waals surface area contributed by atoms with Gasteiger partial charge >= 0.3 is 0 Å². The van der Waals surface area contributed by atoms with Crippen LogP contribution in [0.1, 0.15) is 30.9 Å². The Balaban J connectivity index is 1.92. The number of nitrogens with zero attached hydrogens (tertiary/aromatic N) is 1. The van der Waals surface area contributed by atoms with Gasteiger partial charge in [0.2, 0.25) is 0 Å². The molecule has 0 spiro atoms. The number of rotatable bonds is 2. The molecule has 0 aromatic heterocycles. The first kappa shape index (κ1) is 13.7. The summed E-state index contributed by atoms with van der Waals surface area (Å²) in [5.41, 5.74) is 7.32. The maximum Gasteiger partial charge on any atom is 0.161 e. The van der Waals surface area contributed by atoms with E-state index < -0.39 is 0 Å². The Morgan fingerprint density at radius 1 is 1.20 bits per heavy atom. The van der Waals surface area contributed by atoms with E-state index in [4.69, 9.17) is 15.2 Å². The zero-order valence-electron chi connectivity index (χ0n) is 12.2. The molecule has 0 saturated carbocycles. The minimum atomic E-state index is 0.387. The van der Waals surface area contributed by atoms with Gasteiger partial charge in [-0.05, 0) is 56.6 Å². The van der Waals surface area contributed by atoms with E-state index in [0.717, 1.165) is 24.6 Å². The number of hydrogen-bond acceptors (Lipinski definition) is 4. The zero-order valence-corrected chi connectivity index (χ0v) is 12.2. The Kier molecular flexibility index (Phi) is 4.13. The summed E-state index contributed by atoms with van der Waals surface area (Å²) >= 11 is 0. The minimum Gasteiger partial charge on any atom is -0.486 e. The van der Waals surface area contributed by atoms with Crippen LogP contribution in [0.4, 0.5) is 0 Å². The van der Waals surface area contributed by atoms with Gasteiger partial charge in [-0.2, -0.15) is 0 Å². The number of likely N-dealkylation sites (tertiary alicyclic amines) is 1. The van der Waals surface area contributed by atoms with Crippen LogP contribution in [-0.2, 0) is 0 Å². The monoisotopic (exact) mass is 276 g/mol. The first-order chi connectivity index (χ1) is 9.79. The van der Waals surface area contributed by atoms with Gasteiger partial charge in [0.25, 0.3) is 0 Å². The van der Waals surface area contributed by atoms with Crippen molar-refractivity contribution in [3.05, 3.63) is 23.8 Å². The lowest BCUT2D eigenvalue weighted by Gasteiger charge is -2.33. The van der Waals surface area contributed by atoms with Crippen LogP contribution in [-0.4, -0.2) is 38.3 Å². The molecule has 3 rings (SSSR count). The van der Waals surface area contributed by atoms with Gasteiger partial charge in [-0.15, -0.1) is 0 Å². The molecule has 1 fully saturated rings. The quantitative estimate of drug-likeness (QED) is 0.899. The Hall–Kier alpha value is -1.26. The van der Waals surface area contributed by atoms with Crippen molar-refractivity contribution >= 4 is 0 Å². The van der Waals surface area contributed by atoms with Crippen LogP contribution < -0.4 is 15.2 Å². The van der Waals surface area contributed by atoms with E-state index in [2.05, 4.69) is 24.1 Å². The lowest BCUT2D eigenvalue weighted by atomic mass is 9.89. The smallest absolute Gasteiger partial charge is 0.161 e. The topological polar surface area (TPSA) is 47.7 Å². The first-order valence-electron chi connectivity index (χ1n) is 7.59. The van der Waals surface area contributed by atoms with Gasteiger partial charge < -0.3 is 15.2 Å². The highest BCUT2D eigenvalue weighted by Crippen LogP contribution is 2.38. The van der Waals surface area contributed by atoms with Crippen molar-refractivity contribution in [3.8, 4) is 11.5 Å². The van der Waals surface area contributed by atoms with Crippen LogP contribution >= 0.6 is 0 Å². The second kappa shape index (κ2) is 6.02. The zero-order chi connectivity index (χ0) is 13.9. The molecule has 2 aliphatic heterocycles. The summed E-state index contributed by atoms with van der Waals surface area (Å²) < 4.78 is 11.3. The van der Waals surface area contributed by atoms with E-state index in [1.807, 2.05) is 6.07 Å². The third-order valence-corrected chi connectivity index (χ3v) is 4.47. The largest absolute Gasteiger partial charge is 0.486 e. The van der Waals surface area contributed by atoms with E-state index in [1.54, 1.807) is 0 Å². The third kappa shape index (κ3) is 2.63. The van der Waals surface area contributed by atoms with Crippen molar-refractivity contribution in [1.29, 1.82) is 0 Å². The van der Waals surface area contributed by atoms with Gasteiger partial charge in [0.1, 0.15) is 13.2 Å². The lowest BCUT2D eigenvalue weighted by Crippen LogP contribution is -2.33. The Bertz CT molecular complexity index is 464. The van der Waals surface area contributed by atoms with Crippen molar-refractivity contribution in [2.24, 2.45) is 11.7 Å². The standard InChI is InChI=1S/C16H24N2O2/c1-18-7-3-2-4-13(11-17)16(18)12-5-6-14-15(10-12)20-9-8-19-14/h5-6,10,13,16H,2-4,7-9,11,17H2,1H3. The molecule has 2 atom stereocenters. The van der Waals surface area contributed by atoms with Crippen molar-refractivity contribution in [1.82, 2.24) is 4.90 Å². The molecule has 20 heavy (non-hydrogen) atoms. The van der Waals surface area contributed by atoms with Crippen molar-refractivity contribution in [3.63, 3.8) is 0 Å². The number of fused-ring (bicyclic) bond motifs is 1. The Morgan fingerprint density at radius 3 is 2.80 bits per heavy atom. The molecule has 2 heterocycles. The van der Waals surface area contributed by atoms with Gasteiger partial charge in [-0.3, -0.25) is 4.90 Å². The van der Waals surface area contributed by atoms with E-state index in [1.165, 1.54) is 24.8 Å². The molecule has 0 radical (unpaired) electrons. The van der Waals surface area contributed by atoms with E-state index >= 15 is 0 Å². The molecule has 1 saturated heterocycles. The third-order valence-electron chi connectivity index (χ3n) is 4.47. The molecule has 0 bridgehead atoms. The van der Waals surface area contributed by atoms with Crippen LogP contribution in [0.25, 0.3) is 0 Å². The molecule has 4 heteroatoms. The predicted molar refractivity (Wildman–Crippen MR) is 79.2 cm³/mol. The Morgan fingerprint density at radius 2 is 2.00 bits per heavy atom. The number of ether oxygens (including phenoxy) is 2.